The van der Waals surface area contributed by atoms with E-state index in [1.807, 2.05) is 18.2 Å². The third-order valence-electron chi connectivity index (χ3n) is 5.96. The zero-order chi connectivity index (χ0) is 19.5. The number of hydrazine groups is 1. The molecule has 3 aliphatic heterocycles. The van der Waals surface area contributed by atoms with E-state index in [9.17, 15) is 0 Å². The van der Waals surface area contributed by atoms with Crippen molar-refractivity contribution in [2.45, 2.75) is 63.8 Å². The molecule has 156 valence electrons. The van der Waals surface area contributed by atoms with Crippen LogP contribution < -0.4 is 5.01 Å². The molecule has 3 aliphatic rings. The summed E-state index contributed by atoms with van der Waals surface area (Å²) in [6, 6.07) is 5.82. The van der Waals surface area contributed by atoms with Gasteiger partial charge in [-0.05, 0) is 50.3 Å². The van der Waals surface area contributed by atoms with E-state index in [2.05, 4.69) is 21.8 Å². The van der Waals surface area contributed by atoms with E-state index in [0.717, 1.165) is 77.2 Å². The molecule has 7 heteroatoms. The van der Waals surface area contributed by atoms with Gasteiger partial charge in [0.05, 0.1) is 29.6 Å². The largest absolute Gasteiger partial charge is 0.378 e. The summed E-state index contributed by atoms with van der Waals surface area (Å²) in [5.41, 5.74) is 1.02. The second kappa shape index (κ2) is 9.50. The summed E-state index contributed by atoms with van der Waals surface area (Å²) in [6.07, 6.45) is 7.54. The highest BCUT2D eigenvalue weighted by molar-refractivity contribution is 6.36. The fourth-order valence-electron chi connectivity index (χ4n) is 4.69. The van der Waals surface area contributed by atoms with Crippen LogP contribution in [-0.4, -0.2) is 61.3 Å². The van der Waals surface area contributed by atoms with Crippen LogP contribution in [0.4, 0.5) is 5.69 Å². The van der Waals surface area contributed by atoms with E-state index in [4.69, 9.17) is 32.7 Å². The van der Waals surface area contributed by atoms with Gasteiger partial charge in [0, 0.05) is 37.7 Å². The summed E-state index contributed by atoms with van der Waals surface area (Å²) in [6.45, 7) is 6.84. The number of hydrogen-bond acceptors (Lipinski definition) is 5. The van der Waals surface area contributed by atoms with Crippen molar-refractivity contribution in [1.29, 1.82) is 0 Å². The highest BCUT2D eigenvalue weighted by atomic mass is 35.5. The van der Waals surface area contributed by atoms with Crippen molar-refractivity contribution in [2.24, 2.45) is 0 Å². The van der Waals surface area contributed by atoms with Crippen molar-refractivity contribution in [3.8, 4) is 0 Å². The van der Waals surface area contributed by atoms with Gasteiger partial charge in [-0.15, -0.1) is 0 Å². The Labute approximate surface area is 178 Å². The van der Waals surface area contributed by atoms with Crippen molar-refractivity contribution < 1.29 is 9.47 Å². The molecule has 0 saturated carbocycles. The number of rotatable bonds is 7. The maximum absolute atomic E-state index is 6.66. The molecule has 4 rings (SSSR count). The summed E-state index contributed by atoms with van der Waals surface area (Å²) in [5.74, 6) is 0. The standard InChI is InChI=1S/C21H31Cl2N3O2/c1-2-9-24-15-25(14-18-6-4-11-28-18)26(20-8-7-16(22)12-19(20)23)21(24)13-17-5-3-10-27-17/h7-8,12,17-18,21H,2-6,9-11,13-15H2,1H3. The van der Waals surface area contributed by atoms with E-state index in [1.54, 1.807) is 0 Å². The lowest BCUT2D eigenvalue weighted by molar-refractivity contribution is 0.0717. The molecule has 3 heterocycles. The zero-order valence-corrected chi connectivity index (χ0v) is 18.2. The summed E-state index contributed by atoms with van der Waals surface area (Å²) in [5, 5.41) is 6.16. The van der Waals surface area contributed by atoms with Crippen LogP contribution in [0, 0.1) is 0 Å². The highest BCUT2D eigenvalue weighted by Crippen LogP contribution is 2.37. The van der Waals surface area contributed by atoms with Crippen LogP contribution in [-0.2, 0) is 9.47 Å². The molecule has 0 bridgehead atoms. The minimum absolute atomic E-state index is 0.239. The van der Waals surface area contributed by atoms with Gasteiger partial charge in [-0.2, -0.15) is 0 Å². The van der Waals surface area contributed by atoms with Crippen molar-refractivity contribution in [2.75, 3.05) is 38.0 Å². The lowest BCUT2D eigenvalue weighted by Crippen LogP contribution is -2.47. The van der Waals surface area contributed by atoms with Gasteiger partial charge in [-0.25, -0.2) is 5.01 Å². The third kappa shape index (κ3) is 4.61. The van der Waals surface area contributed by atoms with Gasteiger partial charge in [-0.3, -0.25) is 9.91 Å². The molecule has 3 fully saturated rings. The second-order valence-corrected chi connectivity index (χ2v) is 8.91. The van der Waals surface area contributed by atoms with Crippen LogP contribution in [0.1, 0.15) is 45.4 Å². The first kappa shape index (κ1) is 20.7. The Morgan fingerprint density at radius 1 is 1.07 bits per heavy atom. The van der Waals surface area contributed by atoms with E-state index >= 15 is 0 Å². The van der Waals surface area contributed by atoms with Crippen molar-refractivity contribution in [3.63, 3.8) is 0 Å². The van der Waals surface area contributed by atoms with Gasteiger partial charge < -0.3 is 9.47 Å². The number of halogens is 2. The number of ether oxygens (including phenoxy) is 2. The number of anilines is 1. The average Bonchev–Trinajstić information content (AvgIpc) is 3.40. The van der Waals surface area contributed by atoms with Crippen LogP contribution in [0.2, 0.25) is 10.0 Å². The van der Waals surface area contributed by atoms with Crippen LogP contribution in [0.25, 0.3) is 0 Å². The molecule has 1 aromatic carbocycles. The van der Waals surface area contributed by atoms with E-state index in [0.29, 0.717) is 22.3 Å². The minimum Gasteiger partial charge on any atom is -0.378 e. The molecule has 0 aliphatic carbocycles. The Morgan fingerprint density at radius 2 is 1.82 bits per heavy atom. The number of hydrogen-bond donors (Lipinski definition) is 0. The zero-order valence-electron chi connectivity index (χ0n) is 16.7. The molecule has 3 saturated heterocycles. The van der Waals surface area contributed by atoms with Gasteiger partial charge in [0.1, 0.15) is 6.17 Å². The van der Waals surface area contributed by atoms with Crippen LogP contribution in [0.5, 0.6) is 0 Å². The molecular weight excluding hydrogens is 397 g/mol. The lowest BCUT2D eigenvalue weighted by Gasteiger charge is -2.36. The SMILES string of the molecule is CCCN1CN(CC2CCCO2)N(c2ccc(Cl)cc2Cl)C1CC1CCCO1. The molecule has 1 aromatic rings. The van der Waals surface area contributed by atoms with E-state index in [-0.39, 0.29) is 6.17 Å². The average molecular weight is 428 g/mol. The van der Waals surface area contributed by atoms with Gasteiger partial charge in [0.25, 0.3) is 0 Å². The Kier molecular flexibility index (Phi) is 7.02. The van der Waals surface area contributed by atoms with Gasteiger partial charge in [0.2, 0.25) is 0 Å². The topological polar surface area (TPSA) is 28.2 Å². The van der Waals surface area contributed by atoms with Crippen molar-refractivity contribution in [3.05, 3.63) is 28.2 Å². The number of benzene rings is 1. The Morgan fingerprint density at radius 3 is 2.46 bits per heavy atom. The molecule has 3 atom stereocenters. The molecule has 0 spiro atoms. The summed E-state index contributed by atoms with van der Waals surface area (Å²) in [7, 11) is 0. The quantitative estimate of drug-likeness (QED) is 0.624. The minimum atomic E-state index is 0.239. The summed E-state index contributed by atoms with van der Waals surface area (Å²) in [4.78, 5) is 2.56. The smallest absolute Gasteiger partial charge is 0.101 e. The predicted molar refractivity (Wildman–Crippen MR) is 114 cm³/mol. The molecule has 0 amide bonds. The first-order chi connectivity index (χ1) is 13.7. The molecular formula is C21H31Cl2N3O2. The molecule has 0 radical (unpaired) electrons. The molecule has 3 unspecified atom stereocenters. The first-order valence-corrected chi connectivity index (χ1v) is 11.4. The maximum atomic E-state index is 6.66. The normalized spacial score (nSPS) is 29.2. The maximum Gasteiger partial charge on any atom is 0.101 e. The fourth-order valence-corrected chi connectivity index (χ4v) is 5.18. The Hall–Kier alpha value is -0.560. The molecule has 28 heavy (non-hydrogen) atoms. The summed E-state index contributed by atoms with van der Waals surface area (Å²) < 4.78 is 11.9. The number of nitrogens with zero attached hydrogens (tertiary/aromatic N) is 3. The van der Waals surface area contributed by atoms with Gasteiger partial charge in [0.15, 0.2) is 0 Å². The van der Waals surface area contributed by atoms with E-state index < -0.39 is 0 Å². The second-order valence-electron chi connectivity index (χ2n) is 8.07. The first-order valence-electron chi connectivity index (χ1n) is 10.6. The Bertz CT molecular complexity index is 651. The monoisotopic (exact) mass is 427 g/mol. The molecule has 0 aromatic heterocycles. The van der Waals surface area contributed by atoms with Crippen LogP contribution in [0.15, 0.2) is 18.2 Å². The van der Waals surface area contributed by atoms with Gasteiger partial charge in [-0.1, -0.05) is 30.1 Å². The molecule has 0 N–H and O–H groups in total. The molecule has 5 nitrogen and oxygen atoms in total. The van der Waals surface area contributed by atoms with Crippen molar-refractivity contribution >= 4 is 28.9 Å². The predicted octanol–water partition coefficient (Wildman–Crippen LogP) is 4.77. The highest BCUT2D eigenvalue weighted by Gasteiger charge is 2.41. The van der Waals surface area contributed by atoms with E-state index in [1.165, 1.54) is 0 Å². The summed E-state index contributed by atoms with van der Waals surface area (Å²) >= 11 is 12.8. The fraction of sp³-hybridized carbons (Fsp3) is 0.714. The third-order valence-corrected chi connectivity index (χ3v) is 6.49. The van der Waals surface area contributed by atoms with Crippen LogP contribution in [0.3, 0.4) is 0 Å². The van der Waals surface area contributed by atoms with Crippen LogP contribution >= 0.6 is 23.2 Å². The van der Waals surface area contributed by atoms with Gasteiger partial charge >= 0.3 is 0 Å². The lowest BCUT2D eigenvalue weighted by atomic mass is 10.1. The Balaban J connectivity index is 1.63. The van der Waals surface area contributed by atoms with Crippen molar-refractivity contribution in [1.82, 2.24) is 9.91 Å².